The molecule has 6 heteroatoms. The Kier molecular flexibility index (Phi) is 4.30. The zero-order chi connectivity index (χ0) is 22.4. The Labute approximate surface area is 188 Å². The summed E-state index contributed by atoms with van der Waals surface area (Å²) in [7, 11) is 0. The molecule has 3 aromatic heterocycles. The first kappa shape index (κ1) is 19.0. The lowest BCUT2D eigenvalue weighted by Gasteiger charge is -2.05. The first-order valence-corrected chi connectivity index (χ1v) is 10.5. The Morgan fingerprint density at radius 3 is 1.94 bits per heavy atom. The molecule has 5 heterocycles. The van der Waals surface area contributed by atoms with Crippen LogP contribution >= 0.6 is 0 Å². The Balaban J connectivity index is 1.72. The van der Waals surface area contributed by atoms with Crippen molar-refractivity contribution in [1.29, 1.82) is 0 Å². The SMILES string of the molecule is O=C(O)C1=C(c2ccccc2)c2cc3ccc(cc4ccc(cc5nc(cc1n2)C=C5)[nH]4)[nH]3. The molecule has 158 valence electrons. The predicted octanol–water partition coefficient (Wildman–Crippen LogP) is 5.53. The van der Waals surface area contributed by atoms with Gasteiger partial charge in [0.15, 0.2) is 0 Å². The van der Waals surface area contributed by atoms with Crippen molar-refractivity contribution in [3.63, 3.8) is 0 Å². The van der Waals surface area contributed by atoms with Crippen LogP contribution in [-0.4, -0.2) is 31.0 Å². The van der Waals surface area contributed by atoms with Crippen molar-refractivity contribution in [3.05, 3.63) is 107 Å². The molecule has 0 spiro atoms. The number of fused-ring (bicyclic) bond motifs is 8. The highest BCUT2D eigenvalue weighted by atomic mass is 16.4. The maximum absolute atomic E-state index is 12.4. The van der Waals surface area contributed by atoms with Crippen LogP contribution in [0.25, 0.3) is 45.4 Å². The number of hydrogen-bond donors (Lipinski definition) is 3. The Morgan fingerprint density at radius 1 is 0.667 bits per heavy atom. The Bertz CT molecular complexity index is 1640. The molecule has 0 aliphatic carbocycles. The van der Waals surface area contributed by atoms with E-state index in [1.807, 2.05) is 84.9 Å². The Hall–Kier alpha value is -4.71. The van der Waals surface area contributed by atoms with Gasteiger partial charge in [0.05, 0.1) is 28.3 Å². The minimum atomic E-state index is -1.03. The van der Waals surface area contributed by atoms with Gasteiger partial charge < -0.3 is 15.1 Å². The number of carbonyl (C=O) groups is 1. The van der Waals surface area contributed by atoms with Crippen molar-refractivity contribution >= 4 is 51.3 Å². The fraction of sp³-hybridized carbons (Fsp3) is 0. The van der Waals surface area contributed by atoms with Gasteiger partial charge in [0.1, 0.15) is 0 Å². The molecular formula is C27H18N4O2. The molecule has 0 amide bonds. The number of benzene rings is 1. The lowest BCUT2D eigenvalue weighted by molar-refractivity contribution is -0.130. The monoisotopic (exact) mass is 430 g/mol. The largest absolute Gasteiger partial charge is 0.478 e. The van der Waals surface area contributed by atoms with Gasteiger partial charge in [-0.2, -0.15) is 0 Å². The molecule has 0 fully saturated rings. The number of hydrogen-bond acceptors (Lipinski definition) is 3. The van der Waals surface area contributed by atoms with Crippen molar-refractivity contribution in [2.75, 3.05) is 0 Å². The fourth-order valence-corrected chi connectivity index (χ4v) is 4.19. The first-order chi connectivity index (χ1) is 16.1. The van der Waals surface area contributed by atoms with Crippen molar-refractivity contribution in [2.45, 2.75) is 0 Å². The maximum atomic E-state index is 12.4. The molecular weight excluding hydrogens is 412 g/mol. The smallest absolute Gasteiger partial charge is 0.338 e. The zero-order valence-electron chi connectivity index (χ0n) is 17.4. The van der Waals surface area contributed by atoms with Gasteiger partial charge in [0, 0.05) is 27.6 Å². The number of nitrogens with zero attached hydrogens (tertiary/aromatic N) is 2. The lowest BCUT2D eigenvalue weighted by Crippen LogP contribution is -2.00. The predicted molar refractivity (Wildman–Crippen MR) is 130 cm³/mol. The van der Waals surface area contributed by atoms with Gasteiger partial charge in [-0.1, -0.05) is 30.3 Å². The van der Waals surface area contributed by atoms with E-state index in [-0.39, 0.29) is 5.57 Å². The van der Waals surface area contributed by atoms with Crippen LogP contribution in [0.4, 0.5) is 0 Å². The normalized spacial score (nSPS) is 12.8. The highest BCUT2D eigenvalue weighted by molar-refractivity contribution is 6.26. The van der Waals surface area contributed by atoms with Crippen LogP contribution in [0.3, 0.4) is 0 Å². The molecule has 8 bridgehead atoms. The number of aliphatic carboxylic acids is 1. The maximum Gasteiger partial charge on any atom is 0.338 e. The zero-order valence-corrected chi connectivity index (χ0v) is 17.4. The number of H-pyrrole nitrogens is 2. The van der Waals surface area contributed by atoms with E-state index < -0.39 is 5.97 Å². The summed E-state index contributed by atoms with van der Waals surface area (Å²) < 4.78 is 0. The minimum absolute atomic E-state index is 0.164. The number of aromatic amines is 2. The molecule has 6 rings (SSSR count). The van der Waals surface area contributed by atoms with E-state index in [2.05, 4.69) is 15.0 Å². The molecule has 4 aromatic rings. The summed E-state index contributed by atoms with van der Waals surface area (Å²) in [6.07, 6.45) is 3.77. The molecule has 6 nitrogen and oxygen atoms in total. The summed E-state index contributed by atoms with van der Waals surface area (Å²) in [5.74, 6) is -1.03. The molecule has 0 unspecified atom stereocenters. The van der Waals surface area contributed by atoms with Crippen LogP contribution < -0.4 is 0 Å². The van der Waals surface area contributed by atoms with E-state index in [1.54, 1.807) is 6.07 Å². The quantitative estimate of drug-likeness (QED) is 0.343. The molecule has 2 aliphatic rings. The van der Waals surface area contributed by atoms with Crippen LogP contribution in [0.15, 0.2) is 78.9 Å². The fourth-order valence-electron chi connectivity index (χ4n) is 4.19. The average molecular weight is 430 g/mol. The van der Waals surface area contributed by atoms with Crippen molar-refractivity contribution < 1.29 is 9.90 Å². The second-order valence-electron chi connectivity index (χ2n) is 7.91. The summed E-state index contributed by atoms with van der Waals surface area (Å²) in [5.41, 5.74) is 7.61. The average Bonchev–Trinajstić information content (AvgIpc) is 3.58. The second-order valence-corrected chi connectivity index (χ2v) is 7.91. The van der Waals surface area contributed by atoms with Gasteiger partial charge in [-0.15, -0.1) is 0 Å². The minimum Gasteiger partial charge on any atom is -0.478 e. The molecule has 0 radical (unpaired) electrons. The molecule has 1 aromatic carbocycles. The highest BCUT2D eigenvalue weighted by Gasteiger charge is 2.26. The van der Waals surface area contributed by atoms with Gasteiger partial charge in [-0.25, -0.2) is 14.8 Å². The number of aromatic nitrogens is 4. The number of carboxylic acid groups (broad SMARTS) is 1. The summed E-state index contributed by atoms with van der Waals surface area (Å²) in [6, 6.07) is 25.0. The van der Waals surface area contributed by atoms with Crippen LogP contribution in [0.2, 0.25) is 0 Å². The molecule has 0 atom stereocenters. The molecule has 0 saturated heterocycles. The van der Waals surface area contributed by atoms with Crippen LogP contribution in [0.1, 0.15) is 28.3 Å². The van der Waals surface area contributed by atoms with E-state index in [1.165, 1.54) is 0 Å². The van der Waals surface area contributed by atoms with Crippen LogP contribution in [-0.2, 0) is 4.79 Å². The molecule has 2 aliphatic heterocycles. The topological polar surface area (TPSA) is 94.7 Å². The summed E-state index contributed by atoms with van der Waals surface area (Å²) >= 11 is 0. The van der Waals surface area contributed by atoms with Crippen molar-refractivity contribution in [1.82, 2.24) is 19.9 Å². The Morgan fingerprint density at radius 2 is 1.27 bits per heavy atom. The van der Waals surface area contributed by atoms with Gasteiger partial charge in [-0.05, 0) is 66.2 Å². The summed E-state index contributed by atoms with van der Waals surface area (Å²) in [6.45, 7) is 0. The summed E-state index contributed by atoms with van der Waals surface area (Å²) in [4.78, 5) is 28.5. The third kappa shape index (κ3) is 3.53. The van der Waals surface area contributed by atoms with Crippen LogP contribution in [0, 0.1) is 0 Å². The van der Waals surface area contributed by atoms with Gasteiger partial charge in [0.2, 0.25) is 0 Å². The van der Waals surface area contributed by atoms with E-state index in [0.29, 0.717) is 22.7 Å². The standard InChI is InChI=1S/C27H18N4O2/c32-27(33)26-24-15-22-11-9-20(30-22)13-18-7-6-17(28-18)12-19-8-10-21(29-19)14-23(31-24)25(26)16-4-2-1-3-5-16/h1-15,28-29H,(H,32,33). The molecule has 0 saturated carbocycles. The first-order valence-electron chi connectivity index (χ1n) is 10.5. The third-order valence-electron chi connectivity index (χ3n) is 5.62. The van der Waals surface area contributed by atoms with E-state index in [0.717, 1.165) is 33.3 Å². The summed E-state index contributed by atoms with van der Waals surface area (Å²) in [5, 5.41) is 10.1. The lowest BCUT2D eigenvalue weighted by atomic mass is 9.97. The number of nitrogens with one attached hydrogen (secondary N) is 2. The van der Waals surface area contributed by atoms with Crippen molar-refractivity contribution in [3.8, 4) is 0 Å². The van der Waals surface area contributed by atoms with E-state index >= 15 is 0 Å². The van der Waals surface area contributed by atoms with Gasteiger partial charge in [0.25, 0.3) is 0 Å². The molecule has 33 heavy (non-hydrogen) atoms. The highest BCUT2D eigenvalue weighted by Crippen LogP contribution is 2.35. The van der Waals surface area contributed by atoms with Gasteiger partial charge >= 0.3 is 5.97 Å². The number of rotatable bonds is 2. The van der Waals surface area contributed by atoms with Crippen molar-refractivity contribution in [2.24, 2.45) is 0 Å². The van der Waals surface area contributed by atoms with E-state index in [9.17, 15) is 9.90 Å². The number of carboxylic acids is 1. The van der Waals surface area contributed by atoms with Crippen LogP contribution in [0.5, 0.6) is 0 Å². The van der Waals surface area contributed by atoms with Gasteiger partial charge in [-0.3, -0.25) is 0 Å². The second kappa shape index (κ2) is 7.46. The molecule has 3 N–H and O–H groups in total. The van der Waals surface area contributed by atoms with E-state index in [4.69, 9.17) is 4.98 Å². The third-order valence-corrected chi connectivity index (χ3v) is 5.62.